The van der Waals surface area contributed by atoms with Gasteiger partial charge in [-0.25, -0.2) is 4.79 Å². The van der Waals surface area contributed by atoms with Crippen LogP contribution in [0.5, 0.6) is 0 Å². The molecule has 4 N–H and O–H groups in total. The number of rotatable bonds is 10. The molecule has 154 valence electrons. The van der Waals surface area contributed by atoms with E-state index in [1.807, 2.05) is 30.3 Å². The Kier molecular flexibility index (Phi) is 10.0. The van der Waals surface area contributed by atoms with Crippen molar-refractivity contribution in [1.82, 2.24) is 14.9 Å². The van der Waals surface area contributed by atoms with Gasteiger partial charge in [-0.3, -0.25) is 19.1 Å². The van der Waals surface area contributed by atoms with Crippen molar-refractivity contribution in [3.63, 3.8) is 0 Å². The van der Waals surface area contributed by atoms with Crippen molar-refractivity contribution in [3.8, 4) is 0 Å². The molecule has 0 saturated heterocycles. The van der Waals surface area contributed by atoms with Gasteiger partial charge in [-0.05, 0) is 19.0 Å². The second kappa shape index (κ2) is 12.0. The van der Waals surface area contributed by atoms with E-state index in [1.54, 1.807) is 14.2 Å². The van der Waals surface area contributed by atoms with Gasteiger partial charge in [-0.2, -0.15) is 0 Å². The summed E-state index contributed by atoms with van der Waals surface area (Å²) < 4.78 is 6.34. The molecule has 28 heavy (non-hydrogen) atoms. The van der Waals surface area contributed by atoms with E-state index >= 15 is 0 Å². The van der Waals surface area contributed by atoms with Gasteiger partial charge in [-0.1, -0.05) is 30.3 Å². The average Bonchev–Trinajstić information content (AvgIpc) is 2.65. The smallest absolute Gasteiger partial charge is 0.330 e. The minimum Gasteiger partial charge on any atom is -0.385 e. The summed E-state index contributed by atoms with van der Waals surface area (Å²) in [6.07, 6.45) is 0.664. The Labute approximate surface area is 168 Å². The van der Waals surface area contributed by atoms with Crippen LogP contribution in [0.3, 0.4) is 0 Å². The van der Waals surface area contributed by atoms with E-state index in [4.69, 9.17) is 4.74 Å². The van der Waals surface area contributed by atoms with Crippen LogP contribution in [0.15, 0.2) is 39.9 Å². The highest BCUT2D eigenvalue weighted by Gasteiger charge is 2.17. The Morgan fingerprint density at radius 3 is 2.57 bits per heavy atom. The molecule has 0 aliphatic heterocycles. The summed E-state index contributed by atoms with van der Waals surface area (Å²) >= 11 is 0. The Hall–Kier alpha value is -2.62. The van der Waals surface area contributed by atoms with Crippen molar-refractivity contribution >= 4 is 29.8 Å². The largest absolute Gasteiger partial charge is 0.385 e. The highest BCUT2D eigenvalue weighted by molar-refractivity contribution is 5.94. The Bertz CT molecular complexity index is 867. The number of H-pyrrole nitrogens is 1. The van der Waals surface area contributed by atoms with Gasteiger partial charge in [0.15, 0.2) is 0 Å². The molecule has 0 unspecified atom stereocenters. The zero-order valence-electron chi connectivity index (χ0n) is 15.9. The number of nitrogens with one attached hydrogen (secondary N) is 4. The van der Waals surface area contributed by atoms with Crippen molar-refractivity contribution in [2.75, 3.05) is 44.5 Å². The standard InChI is InChI=1S/C18H25N5O4.ClH/c1-19-11-14(24)21-16-15(20-9-6-10-27-2)17(25)22-18(26)23(16)12-13-7-4-3-5-8-13;/h3-5,7-8,19-20H,6,9-12H2,1-2H3,(H,21,24)(H,22,25,26);1H. The van der Waals surface area contributed by atoms with E-state index < -0.39 is 11.2 Å². The zero-order chi connectivity index (χ0) is 19.6. The lowest BCUT2D eigenvalue weighted by Crippen LogP contribution is -2.37. The number of aromatic amines is 1. The highest BCUT2D eigenvalue weighted by Crippen LogP contribution is 2.16. The molecule has 0 aliphatic rings. The number of ether oxygens (including phenoxy) is 1. The van der Waals surface area contributed by atoms with E-state index in [0.29, 0.717) is 19.6 Å². The minimum atomic E-state index is -0.592. The van der Waals surface area contributed by atoms with Crippen LogP contribution in [0.1, 0.15) is 12.0 Å². The van der Waals surface area contributed by atoms with Gasteiger partial charge in [0, 0.05) is 20.3 Å². The summed E-state index contributed by atoms with van der Waals surface area (Å²) in [7, 11) is 3.23. The van der Waals surface area contributed by atoms with E-state index in [9.17, 15) is 14.4 Å². The molecule has 0 bridgehead atoms. The Morgan fingerprint density at radius 1 is 1.21 bits per heavy atom. The Morgan fingerprint density at radius 2 is 1.93 bits per heavy atom. The first-order chi connectivity index (χ1) is 13.1. The van der Waals surface area contributed by atoms with Gasteiger partial charge in [-0.15, -0.1) is 12.4 Å². The fourth-order valence-corrected chi connectivity index (χ4v) is 2.55. The van der Waals surface area contributed by atoms with Crippen molar-refractivity contribution in [1.29, 1.82) is 0 Å². The van der Waals surface area contributed by atoms with E-state index in [2.05, 4.69) is 20.9 Å². The second-order valence-electron chi connectivity index (χ2n) is 5.91. The summed E-state index contributed by atoms with van der Waals surface area (Å²) in [4.78, 5) is 39.2. The summed E-state index contributed by atoms with van der Waals surface area (Å²) in [5.41, 5.74) is -0.167. The lowest BCUT2D eigenvalue weighted by atomic mass is 10.2. The van der Waals surface area contributed by atoms with Crippen molar-refractivity contribution in [2.24, 2.45) is 0 Å². The number of amides is 1. The number of anilines is 2. The fourth-order valence-electron chi connectivity index (χ4n) is 2.55. The highest BCUT2D eigenvalue weighted by atomic mass is 35.5. The number of likely N-dealkylation sites (N-methyl/N-ethyl adjacent to an activating group) is 1. The van der Waals surface area contributed by atoms with Crippen LogP contribution in [0, 0.1) is 0 Å². The molecule has 1 heterocycles. The average molecular weight is 412 g/mol. The molecule has 0 radical (unpaired) electrons. The molecule has 0 saturated carbocycles. The number of aromatic nitrogens is 2. The maximum absolute atomic E-state index is 12.4. The van der Waals surface area contributed by atoms with Crippen molar-refractivity contribution in [2.45, 2.75) is 13.0 Å². The SMILES string of the molecule is CNCC(=O)Nc1c(NCCCOC)c(=O)[nH]c(=O)n1Cc1ccccc1.Cl. The predicted molar refractivity (Wildman–Crippen MR) is 112 cm³/mol. The maximum Gasteiger partial charge on any atom is 0.330 e. The van der Waals surface area contributed by atoms with E-state index in [0.717, 1.165) is 5.56 Å². The summed E-state index contributed by atoms with van der Waals surface area (Å²) in [6, 6.07) is 9.31. The number of benzene rings is 1. The van der Waals surface area contributed by atoms with Crippen LogP contribution in [-0.2, 0) is 16.1 Å². The lowest BCUT2D eigenvalue weighted by molar-refractivity contribution is -0.115. The van der Waals surface area contributed by atoms with Crippen molar-refractivity contribution < 1.29 is 9.53 Å². The molecule has 2 rings (SSSR count). The quantitative estimate of drug-likeness (QED) is 0.426. The van der Waals surface area contributed by atoms with Crippen LogP contribution in [0.4, 0.5) is 11.5 Å². The van der Waals surface area contributed by atoms with E-state index in [-0.39, 0.29) is 42.9 Å². The van der Waals surface area contributed by atoms with Gasteiger partial charge in [0.2, 0.25) is 5.91 Å². The number of carbonyl (C=O) groups is 1. The predicted octanol–water partition coefficient (Wildman–Crippen LogP) is 0.613. The molecule has 1 aromatic heterocycles. The first kappa shape index (κ1) is 23.4. The van der Waals surface area contributed by atoms with Gasteiger partial charge in [0.05, 0.1) is 13.1 Å². The van der Waals surface area contributed by atoms with Gasteiger partial charge >= 0.3 is 5.69 Å². The first-order valence-electron chi connectivity index (χ1n) is 8.65. The molecular formula is C18H26ClN5O4. The fraction of sp³-hybridized carbons (Fsp3) is 0.389. The molecule has 0 atom stereocenters. The summed E-state index contributed by atoms with van der Waals surface area (Å²) in [6.45, 7) is 1.24. The van der Waals surface area contributed by atoms with Crippen molar-refractivity contribution in [3.05, 3.63) is 56.7 Å². The van der Waals surface area contributed by atoms with Crippen LogP contribution < -0.4 is 27.2 Å². The molecular weight excluding hydrogens is 386 g/mol. The number of halogens is 1. The van der Waals surface area contributed by atoms with Crippen LogP contribution in [-0.4, -0.2) is 49.3 Å². The molecule has 9 nitrogen and oxygen atoms in total. The second-order valence-corrected chi connectivity index (χ2v) is 5.91. The number of methoxy groups -OCH3 is 1. The number of hydrogen-bond acceptors (Lipinski definition) is 6. The molecule has 0 spiro atoms. The maximum atomic E-state index is 12.4. The number of carbonyl (C=O) groups excluding carboxylic acids is 1. The zero-order valence-corrected chi connectivity index (χ0v) is 16.7. The van der Waals surface area contributed by atoms with Crippen LogP contribution >= 0.6 is 12.4 Å². The van der Waals surface area contributed by atoms with Crippen LogP contribution in [0.2, 0.25) is 0 Å². The van der Waals surface area contributed by atoms with Gasteiger partial charge in [0.25, 0.3) is 5.56 Å². The molecule has 0 aliphatic carbocycles. The number of nitrogens with zero attached hydrogens (tertiary/aromatic N) is 1. The molecule has 10 heteroatoms. The minimum absolute atomic E-state index is 0. The molecule has 1 aromatic carbocycles. The first-order valence-corrected chi connectivity index (χ1v) is 8.65. The topological polar surface area (TPSA) is 117 Å². The van der Waals surface area contributed by atoms with Gasteiger partial charge < -0.3 is 20.7 Å². The third-order valence-corrected chi connectivity index (χ3v) is 3.81. The third kappa shape index (κ3) is 6.52. The van der Waals surface area contributed by atoms with Gasteiger partial charge in [0.1, 0.15) is 11.5 Å². The number of hydrogen-bond donors (Lipinski definition) is 4. The molecule has 2 aromatic rings. The summed E-state index contributed by atoms with van der Waals surface area (Å²) in [5, 5.41) is 8.41. The third-order valence-electron chi connectivity index (χ3n) is 3.81. The summed E-state index contributed by atoms with van der Waals surface area (Å²) in [5.74, 6) is -0.213. The van der Waals surface area contributed by atoms with E-state index in [1.165, 1.54) is 4.57 Å². The monoisotopic (exact) mass is 411 g/mol. The van der Waals surface area contributed by atoms with Crippen LogP contribution in [0.25, 0.3) is 0 Å². The lowest BCUT2D eigenvalue weighted by Gasteiger charge is -2.18. The molecule has 1 amide bonds. The normalized spacial score (nSPS) is 10.2. The molecule has 0 fully saturated rings. The Balaban J connectivity index is 0.00000392.